The minimum atomic E-state index is -0.265. The molecule has 12 aromatic carbocycles. The Morgan fingerprint density at radius 3 is 1.82 bits per heavy atom. The predicted octanol–water partition coefficient (Wildman–Crippen LogP) is 19.5. The number of rotatable bonds is 5. The van der Waals surface area contributed by atoms with Gasteiger partial charge in [-0.25, -0.2) is 4.99 Å². The number of fused-ring (bicyclic) bond motifs is 16. The molecule has 1 aliphatic rings. The van der Waals surface area contributed by atoms with E-state index in [1.165, 1.54) is 111 Å². The lowest BCUT2D eigenvalue weighted by Gasteiger charge is -2.24. The van der Waals surface area contributed by atoms with Gasteiger partial charge >= 0.3 is 0 Å². The summed E-state index contributed by atoms with van der Waals surface area (Å²) < 4.78 is 9.98. The molecule has 5 heterocycles. The van der Waals surface area contributed by atoms with Gasteiger partial charge in [-0.2, -0.15) is 0 Å². The molecule has 76 heavy (non-hydrogen) atoms. The lowest BCUT2D eigenvalue weighted by atomic mass is 9.91. The smallest absolute Gasteiger partial charge is 0.157 e. The molecule has 0 bridgehead atoms. The average Bonchev–Trinajstić information content (AvgIpc) is 4.42. The number of nitrogens with zero attached hydrogens (tertiary/aromatic N) is 4. The number of benzene rings is 12. The van der Waals surface area contributed by atoms with E-state index in [0.717, 1.165) is 45.1 Å². The fraction of sp³-hybridized carbons (Fsp3) is 0.0286. The van der Waals surface area contributed by atoms with Crippen molar-refractivity contribution in [2.45, 2.75) is 12.5 Å². The van der Waals surface area contributed by atoms with E-state index in [-0.39, 0.29) is 6.04 Å². The number of hydrogen-bond donors (Lipinski definition) is 0. The van der Waals surface area contributed by atoms with Crippen LogP contribution in [0, 0.1) is 0 Å². The molecule has 0 saturated carbocycles. The highest BCUT2D eigenvalue weighted by Gasteiger charge is 2.30. The molecule has 354 valence electrons. The molecule has 0 aliphatic carbocycles. The molecule has 0 amide bonds. The second-order valence-electron chi connectivity index (χ2n) is 20.3. The lowest BCUT2D eigenvalue weighted by molar-refractivity contribution is 0.761. The fourth-order valence-corrected chi connectivity index (χ4v) is 15.1. The van der Waals surface area contributed by atoms with Gasteiger partial charge in [-0.15, -0.1) is 22.7 Å². The van der Waals surface area contributed by atoms with Crippen molar-refractivity contribution >= 4 is 150 Å². The number of aromatic nitrogens is 2. The number of hydrogen-bond acceptors (Lipinski definition) is 4. The summed E-state index contributed by atoms with van der Waals surface area (Å²) >= 11 is 3.73. The molecule has 17 rings (SSSR count). The van der Waals surface area contributed by atoms with E-state index in [9.17, 15) is 0 Å². The zero-order valence-electron chi connectivity index (χ0n) is 40.9. The van der Waals surface area contributed by atoms with Gasteiger partial charge in [0.25, 0.3) is 0 Å². The topological polar surface area (TPSA) is 34.6 Å². The van der Waals surface area contributed by atoms with Crippen LogP contribution in [0.2, 0.25) is 0 Å². The van der Waals surface area contributed by atoms with Gasteiger partial charge in [0.1, 0.15) is 0 Å². The van der Waals surface area contributed by atoms with Crippen LogP contribution in [-0.4, -0.2) is 20.7 Å². The van der Waals surface area contributed by atoms with Crippen LogP contribution in [0.1, 0.15) is 29.2 Å². The number of thiophene rings is 2. The fourth-order valence-electron chi connectivity index (χ4n) is 12.8. The minimum Gasteiger partial charge on any atom is -0.309 e. The van der Waals surface area contributed by atoms with Crippen molar-refractivity contribution < 1.29 is 0 Å². The first kappa shape index (κ1) is 42.2. The van der Waals surface area contributed by atoms with E-state index in [0.29, 0.717) is 6.42 Å². The van der Waals surface area contributed by atoms with E-state index in [1.54, 1.807) is 0 Å². The molecule has 1 aliphatic heterocycles. The number of para-hydroxylation sites is 2. The van der Waals surface area contributed by atoms with Crippen LogP contribution in [0.3, 0.4) is 0 Å². The molecule has 6 heteroatoms. The maximum atomic E-state index is 6.03. The summed E-state index contributed by atoms with van der Waals surface area (Å²) in [4.78, 5) is 12.0. The average molecular weight is 1000 g/mol. The van der Waals surface area contributed by atoms with E-state index < -0.39 is 0 Å². The van der Waals surface area contributed by atoms with Gasteiger partial charge in [0.2, 0.25) is 0 Å². The molecule has 0 N–H and O–H groups in total. The van der Waals surface area contributed by atoms with Crippen LogP contribution in [0.5, 0.6) is 0 Å². The first-order valence-electron chi connectivity index (χ1n) is 26.0. The highest BCUT2D eigenvalue weighted by Crippen LogP contribution is 2.46. The van der Waals surface area contributed by atoms with Gasteiger partial charge in [-0.1, -0.05) is 158 Å². The summed E-state index contributed by atoms with van der Waals surface area (Å²) in [5.41, 5.74) is 11.3. The molecule has 4 aromatic heterocycles. The third kappa shape index (κ3) is 6.17. The normalized spacial score (nSPS) is 14.3. The van der Waals surface area contributed by atoms with Crippen molar-refractivity contribution in [1.82, 2.24) is 9.13 Å². The van der Waals surface area contributed by atoms with Crippen molar-refractivity contribution in [3.05, 3.63) is 253 Å². The van der Waals surface area contributed by atoms with Crippen molar-refractivity contribution in [3.8, 4) is 11.4 Å². The maximum Gasteiger partial charge on any atom is 0.157 e. The highest BCUT2D eigenvalue weighted by molar-refractivity contribution is 7.26. The third-order valence-corrected chi connectivity index (χ3v) is 18.4. The summed E-state index contributed by atoms with van der Waals surface area (Å²) in [6.45, 7) is 0. The Balaban J connectivity index is 1.01. The Morgan fingerprint density at radius 2 is 0.974 bits per heavy atom. The van der Waals surface area contributed by atoms with E-state index in [4.69, 9.17) is 9.98 Å². The highest BCUT2D eigenvalue weighted by atomic mass is 32.1. The predicted molar refractivity (Wildman–Crippen MR) is 327 cm³/mol. The molecule has 4 nitrogen and oxygen atoms in total. The Morgan fingerprint density at radius 1 is 0.355 bits per heavy atom. The first-order valence-corrected chi connectivity index (χ1v) is 27.7. The Hall–Kier alpha value is -9.20. The van der Waals surface area contributed by atoms with Crippen molar-refractivity contribution in [3.63, 3.8) is 0 Å². The van der Waals surface area contributed by atoms with Crippen molar-refractivity contribution in [1.29, 1.82) is 0 Å². The lowest BCUT2D eigenvalue weighted by Crippen LogP contribution is -2.19. The summed E-state index contributed by atoms with van der Waals surface area (Å²) in [6.07, 6.45) is 0.634. The molecule has 16 aromatic rings. The maximum absolute atomic E-state index is 6.03. The quantitative estimate of drug-likeness (QED) is 0.165. The summed E-state index contributed by atoms with van der Waals surface area (Å²) in [6, 6.07) is 87.3. The third-order valence-electron chi connectivity index (χ3n) is 16.2. The largest absolute Gasteiger partial charge is 0.309 e. The SMILES string of the molecule is c1ccc(-n2c3ccccc3c3c([C@H]4CC(c5cccc6sc7ccccc7c56)=NC(c5cc6c(cc5-n5c7cc8ccccc8cc7c7c8ccccc8ccc75)sc5cc7ccccc7cc56)=N4)cccc32)cc1. The molecular weight excluding hydrogens is 961 g/mol. The summed E-state index contributed by atoms with van der Waals surface area (Å²) in [5.74, 6) is 0.736. The summed E-state index contributed by atoms with van der Waals surface area (Å²) in [7, 11) is 0. The van der Waals surface area contributed by atoms with Gasteiger partial charge < -0.3 is 9.13 Å². The Labute approximate surface area is 444 Å². The van der Waals surface area contributed by atoms with E-state index >= 15 is 0 Å². The van der Waals surface area contributed by atoms with Crippen molar-refractivity contribution in [2.75, 3.05) is 0 Å². The standard InChI is InChI=1S/C70H42N4S2/c1-2-21-46(22-3-1)73-58-28-12-10-24-50(58)68-48(26-14-29-59(68)73)56-39-57(49-27-15-31-64-69(49)51-25-11-13-30-63(51)75-64)72-70(71-56)55-38-53-52-34-42-17-5-7-20-45(42)37-65(52)76-66(53)40-62(55)74-60-33-32-41-16-8-9-23-47(41)67(60)54-35-43-18-4-6-19-44(43)36-61(54)74/h1-38,40,56H,39H2/t56-/m1/s1. The Bertz CT molecular complexity index is 5220. The van der Waals surface area contributed by atoms with E-state index in [2.05, 4.69) is 246 Å². The van der Waals surface area contributed by atoms with Crippen LogP contribution < -0.4 is 0 Å². The van der Waals surface area contributed by atoms with Crippen molar-refractivity contribution in [2.24, 2.45) is 9.98 Å². The van der Waals surface area contributed by atoms with Crippen LogP contribution in [0.4, 0.5) is 0 Å². The van der Waals surface area contributed by atoms with Gasteiger partial charge in [0, 0.05) is 85.1 Å². The van der Waals surface area contributed by atoms with Gasteiger partial charge in [0.15, 0.2) is 5.84 Å². The second-order valence-corrected chi connectivity index (χ2v) is 22.5. The monoisotopic (exact) mass is 1000 g/mol. The Kier molecular flexibility index (Phi) is 8.96. The van der Waals surface area contributed by atoms with Gasteiger partial charge in [0.05, 0.1) is 39.5 Å². The number of amidine groups is 1. The summed E-state index contributed by atoms with van der Waals surface area (Å²) in [5, 5.41) is 17.3. The molecule has 0 saturated heterocycles. The van der Waals surface area contributed by atoms with Crippen LogP contribution in [0.25, 0.3) is 128 Å². The van der Waals surface area contributed by atoms with Gasteiger partial charge in [-0.05, 0) is 117 Å². The van der Waals surface area contributed by atoms with Crippen LogP contribution in [0.15, 0.2) is 247 Å². The minimum absolute atomic E-state index is 0.265. The molecule has 0 radical (unpaired) electrons. The van der Waals surface area contributed by atoms with Crippen LogP contribution in [-0.2, 0) is 0 Å². The van der Waals surface area contributed by atoms with Gasteiger partial charge in [-0.3, -0.25) is 4.99 Å². The molecule has 0 spiro atoms. The first-order chi connectivity index (χ1) is 37.7. The zero-order valence-corrected chi connectivity index (χ0v) is 42.5. The molecule has 0 fully saturated rings. The second kappa shape index (κ2) is 16.1. The molecule has 1 atom stereocenters. The van der Waals surface area contributed by atoms with Crippen LogP contribution >= 0.6 is 22.7 Å². The van der Waals surface area contributed by atoms with E-state index in [1.807, 2.05) is 22.7 Å². The molecular formula is C70H42N4S2. The molecule has 0 unspecified atom stereocenters. The number of aliphatic imine (C=N–C) groups is 2. The zero-order chi connectivity index (χ0) is 49.6.